The molecular weight excluding hydrogens is 402 g/mol. The topological polar surface area (TPSA) is 79.2 Å². The van der Waals surface area contributed by atoms with Crippen molar-refractivity contribution in [2.75, 3.05) is 43.4 Å². The number of likely N-dealkylation sites (N-methyl/N-ethyl adjacent to an activating group) is 1. The van der Waals surface area contributed by atoms with E-state index >= 15 is 0 Å². The Hall–Kier alpha value is -3.78. The zero-order valence-electron chi connectivity index (χ0n) is 18.2. The molecule has 1 saturated heterocycles. The van der Waals surface area contributed by atoms with Gasteiger partial charge >= 0.3 is 0 Å². The highest BCUT2D eigenvalue weighted by atomic mass is 16.1. The van der Waals surface area contributed by atoms with Crippen LogP contribution in [-0.2, 0) is 7.05 Å². The van der Waals surface area contributed by atoms with Crippen LogP contribution in [0.3, 0.4) is 0 Å². The molecule has 1 aliphatic heterocycles. The van der Waals surface area contributed by atoms with Crippen LogP contribution >= 0.6 is 0 Å². The molecule has 0 amide bonds. The van der Waals surface area contributed by atoms with Crippen LogP contribution in [0.4, 0.5) is 17.3 Å². The molecule has 4 aromatic rings. The first-order chi connectivity index (χ1) is 15.6. The molecule has 0 spiro atoms. The Morgan fingerprint density at radius 1 is 0.906 bits per heavy atom. The lowest BCUT2D eigenvalue weighted by molar-refractivity contribution is 0.313. The fourth-order valence-corrected chi connectivity index (χ4v) is 3.94. The van der Waals surface area contributed by atoms with E-state index in [-0.39, 0.29) is 5.56 Å². The largest absolute Gasteiger partial charge is 0.369 e. The van der Waals surface area contributed by atoms with Crippen LogP contribution in [0.25, 0.3) is 22.2 Å². The van der Waals surface area contributed by atoms with Crippen molar-refractivity contribution >= 4 is 28.2 Å². The quantitative estimate of drug-likeness (QED) is 0.536. The fraction of sp³-hybridized carbons (Fsp3) is 0.250. The summed E-state index contributed by atoms with van der Waals surface area (Å²) in [6.45, 7) is 4.20. The number of rotatable bonds is 4. The standard InChI is InChI=1S/C24H25N7O/c1-29-12-14-31(15-13-29)19-10-8-18(9-11-19)26-24-25-16-20-22(27-24)21(28-30(2)23(20)32)17-6-4-3-5-7-17/h3-11,16H,12-15H2,1-2H3,(H,25,26,27). The number of fused-ring (bicyclic) bond motifs is 1. The lowest BCUT2D eigenvalue weighted by Gasteiger charge is -2.34. The summed E-state index contributed by atoms with van der Waals surface area (Å²) in [6.07, 6.45) is 1.57. The summed E-state index contributed by atoms with van der Waals surface area (Å²) >= 11 is 0. The van der Waals surface area contributed by atoms with Gasteiger partial charge in [-0.3, -0.25) is 4.79 Å². The number of hydrogen-bond donors (Lipinski definition) is 1. The van der Waals surface area contributed by atoms with Crippen LogP contribution < -0.4 is 15.8 Å². The third-order valence-electron chi connectivity index (χ3n) is 5.83. The van der Waals surface area contributed by atoms with E-state index in [1.807, 2.05) is 42.5 Å². The summed E-state index contributed by atoms with van der Waals surface area (Å²) in [5, 5.41) is 8.17. The van der Waals surface area contributed by atoms with Gasteiger partial charge in [-0.25, -0.2) is 14.6 Å². The monoisotopic (exact) mass is 427 g/mol. The Morgan fingerprint density at radius 3 is 2.34 bits per heavy atom. The number of aromatic nitrogens is 4. The molecular formula is C24H25N7O. The van der Waals surface area contributed by atoms with Crippen molar-refractivity contribution < 1.29 is 0 Å². The van der Waals surface area contributed by atoms with Gasteiger partial charge in [-0.1, -0.05) is 30.3 Å². The van der Waals surface area contributed by atoms with Crippen LogP contribution in [0.15, 0.2) is 65.6 Å². The Morgan fingerprint density at radius 2 is 1.62 bits per heavy atom. The van der Waals surface area contributed by atoms with Gasteiger partial charge in [0.2, 0.25) is 5.95 Å². The molecule has 32 heavy (non-hydrogen) atoms. The van der Waals surface area contributed by atoms with Gasteiger partial charge in [-0.05, 0) is 31.3 Å². The SMILES string of the molecule is CN1CCN(c2ccc(Nc3ncc4c(=O)n(C)nc(-c5ccccc5)c4n3)cc2)CC1. The lowest BCUT2D eigenvalue weighted by atomic mass is 10.1. The molecule has 1 fully saturated rings. The molecule has 1 N–H and O–H groups in total. The maximum absolute atomic E-state index is 12.6. The van der Waals surface area contributed by atoms with Gasteiger partial charge < -0.3 is 15.1 Å². The average molecular weight is 428 g/mol. The number of hydrogen-bond acceptors (Lipinski definition) is 7. The summed E-state index contributed by atoms with van der Waals surface area (Å²) in [5.74, 6) is 0.428. The first-order valence-electron chi connectivity index (χ1n) is 10.7. The maximum atomic E-state index is 12.6. The number of nitrogens with one attached hydrogen (secondary N) is 1. The Kier molecular flexibility index (Phi) is 5.28. The Balaban J connectivity index is 1.45. The smallest absolute Gasteiger partial charge is 0.277 e. The zero-order chi connectivity index (χ0) is 22.1. The molecule has 1 aliphatic rings. The maximum Gasteiger partial charge on any atom is 0.277 e. The van der Waals surface area contributed by atoms with Crippen LogP contribution in [0.2, 0.25) is 0 Å². The van der Waals surface area contributed by atoms with Crippen molar-refractivity contribution in [3.63, 3.8) is 0 Å². The van der Waals surface area contributed by atoms with Crippen molar-refractivity contribution in [1.82, 2.24) is 24.6 Å². The molecule has 162 valence electrons. The van der Waals surface area contributed by atoms with E-state index in [2.05, 4.69) is 49.4 Å². The molecule has 8 heteroatoms. The van der Waals surface area contributed by atoms with E-state index in [4.69, 9.17) is 0 Å². The highest BCUT2D eigenvalue weighted by Gasteiger charge is 2.15. The third-order valence-corrected chi connectivity index (χ3v) is 5.83. The summed E-state index contributed by atoms with van der Waals surface area (Å²) in [5.41, 5.74) is 3.96. The molecule has 3 heterocycles. The number of nitrogens with zero attached hydrogens (tertiary/aromatic N) is 6. The molecule has 0 saturated carbocycles. The average Bonchev–Trinajstić information content (AvgIpc) is 2.83. The summed E-state index contributed by atoms with van der Waals surface area (Å²) in [6, 6.07) is 18.0. The van der Waals surface area contributed by atoms with Crippen LogP contribution in [0.5, 0.6) is 0 Å². The predicted molar refractivity (Wildman–Crippen MR) is 127 cm³/mol. The lowest BCUT2D eigenvalue weighted by Crippen LogP contribution is -2.44. The van der Waals surface area contributed by atoms with E-state index in [9.17, 15) is 4.79 Å². The van der Waals surface area contributed by atoms with Gasteiger partial charge in [0.15, 0.2) is 0 Å². The molecule has 0 atom stereocenters. The normalized spacial score (nSPS) is 14.6. The van der Waals surface area contributed by atoms with E-state index < -0.39 is 0 Å². The minimum Gasteiger partial charge on any atom is -0.369 e. The summed E-state index contributed by atoms with van der Waals surface area (Å²) < 4.78 is 1.33. The van der Waals surface area contributed by atoms with E-state index in [0.29, 0.717) is 22.5 Å². The third kappa shape index (κ3) is 3.92. The number of benzene rings is 2. The van der Waals surface area contributed by atoms with Gasteiger partial charge in [-0.15, -0.1) is 0 Å². The highest BCUT2D eigenvalue weighted by Crippen LogP contribution is 2.25. The first-order valence-corrected chi connectivity index (χ1v) is 10.7. The second-order valence-corrected chi connectivity index (χ2v) is 8.06. The molecule has 2 aromatic heterocycles. The van der Waals surface area contributed by atoms with E-state index in [1.54, 1.807) is 13.2 Å². The van der Waals surface area contributed by atoms with Crippen molar-refractivity contribution in [2.24, 2.45) is 7.05 Å². The highest BCUT2D eigenvalue weighted by molar-refractivity contribution is 5.90. The molecule has 8 nitrogen and oxygen atoms in total. The van der Waals surface area contributed by atoms with Crippen LogP contribution in [0.1, 0.15) is 0 Å². The summed E-state index contributed by atoms with van der Waals surface area (Å²) in [4.78, 5) is 26.4. The van der Waals surface area contributed by atoms with Gasteiger partial charge in [0.05, 0.1) is 5.39 Å². The van der Waals surface area contributed by atoms with E-state index in [1.165, 1.54) is 10.4 Å². The van der Waals surface area contributed by atoms with Gasteiger partial charge in [0.1, 0.15) is 11.2 Å². The Bertz CT molecular complexity index is 1290. The van der Waals surface area contributed by atoms with Crippen molar-refractivity contribution in [2.45, 2.75) is 0 Å². The van der Waals surface area contributed by atoms with Gasteiger partial charge in [0, 0.05) is 56.4 Å². The van der Waals surface area contributed by atoms with Crippen LogP contribution in [0, 0.1) is 0 Å². The minimum atomic E-state index is -0.220. The second-order valence-electron chi connectivity index (χ2n) is 8.06. The molecule has 0 unspecified atom stereocenters. The first kappa shape index (κ1) is 20.1. The predicted octanol–water partition coefficient (Wildman–Crippen LogP) is 2.89. The van der Waals surface area contributed by atoms with Crippen LogP contribution in [-0.4, -0.2) is 57.9 Å². The van der Waals surface area contributed by atoms with Gasteiger partial charge in [-0.2, -0.15) is 5.10 Å². The molecule has 5 rings (SSSR count). The van der Waals surface area contributed by atoms with Crippen molar-refractivity contribution in [3.05, 3.63) is 71.1 Å². The number of anilines is 3. The minimum absolute atomic E-state index is 0.220. The van der Waals surface area contributed by atoms with Gasteiger partial charge in [0.25, 0.3) is 5.56 Å². The Labute approximate surface area is 186 Å². The fourth-order valence-electron chi connectivity index (χ4n) is 3.94. The van der Waals surface area contributed by atoms with Crippen molar-refractivity contribution in [1.29, 1.82) is 0 Å². The number of piperazine rings is 1. The molecule has 2 aromatic carbocycles. The van der Waals surface area contributed by atoms with E-state index in [0.717, 1.165) is 37.4 Å². The molecule has 0 aliphatic carbocycles. The zero-order valence-corrected chi connectivity index (χ0v) is 18.2. The second kappa shape index (κ2) is 8.39. The number of aryl methyl sites for hydroxylation is 1. The summed E-state index contributed by atoms with van der Waals surface area (Å²) in [7, 11) is 3.80. The van der Waals surface area contributed by atoms with Crippen molar-refractivity contribution in [3.8, 4) is 11.3 Å². The molecule has 0 radical (unpaired) electrons. The molecule has 0 bridgehead atoms.